The lowest BCUT2D eigenvalue weighted by Crippen LogP contribution is -2.47. The Labute approximate surface area is 177 Å². The molecule has 2 aromatic rings. The number of rotatable bonds is 8. The fraction of sp³-hybridized carbons (Fsp3) is 0.478. The van der Waals surface area contributed by atoms with E-state index in [0.717, 1.165) is 53.6 Å². The Kier molecular flexibility index (Phi) is 7.58. The van der Waals surface area contributed by atoms with Crippen LogP contribution in [-0.4, -0.2) is 61.3 Å². The fourth-order valence-corrected chi connectivity index (χ4v) is 4.69. The van der Waals surface area contributed by atoms with E-state index in [1.807, 2.05) is 38.1 Å². The smallest absolute Gasteiger partial charge is 0.220 e. The topological polar surface area (TPSA) is 52.7 Å². The van der Waals surface area contributed by atoms with Crippen molar-refractivity contribution in [2.24, 2.45) is 0 Å². The van der Waals surface area contributed by atoms with Crippen LogP contribution in [-0.2, 0) is 4.79 Å². The summed E-state index contributed by atoms with van der Waals surface area (Å²) in [4.78, 5) is 32.1. The zero-order chi connectivity index (χ0) is 20.8. The van der Waals surface area contributed by atoms with Gasteiger partial charge in [0.1, 0.15) is 0 Å². The maximum atomic E-state index is 12.7. The molecule has 1 atom stereocenters. The summed E-state index contributed by atoms with van der Waals surface area (Å²) in [6.07, 6.45) is 0.470. The first kappa shape index (κ1) is 21.7. The Morgan fingerprint density at radius 3 is 2.38 bits per heavy atom. The van der Waals surface area contributed by atoms with Crippen LogP contribution < -0.4 is 5.32 Å². The molecule has 3 rings (SSSR count). The minimum Gasteiger partial charge on any atom is -0.348 e. The second-order valence-corrected chi connectivity index (χ2v) is 9.35. The van der Waals surface area contributed by atoms with Crippen molar-refractivity contribution in [1.29, 1.82) is 0 Å². The number of carbonyl (C=O) groups is 2. The summed E-state index contributed by atoms with van der Waals surface area (Å²) in [5.74, 6) is -0.0109. The van der Waals surface area contributed by atoms with Crippen molar-refractivity contribution < 1.29 is 9.59 Å². The van der Waals surface area contributed by atoms with Crippen LogP contribution in [0.15, 0.2) is 36.4 Å². The molecule has 1 aliphatic rings. The van der Waals surface area contributed by atoms with Gasteiger partial charge in [-0.05, 0) is 32.5 Å². The molecule has 1 aromatic carbocycles. The van der Waals surface area contributed by atoms with E-state index in [4.69, 9.17) is 0 Å². The molecule has 1 saturated heterocycles. The molecule has 5 nitrogen and oxygen atoms in total. The van der Waals surface area contributed by atoms with E-state index in [9.17, 15) is 9.59 Å². The summed E-state index contributed by atoms with van der Waals surface area (Å²) >= 11 is 1.63. The van der Waals surface area contributed by atoms with Crippen LogP contribution in [0, 0.1) is 13.8 Å². The zero-order valence-electron chi connectivity index (χ0n) is 17.6. The molecule has 1 amide bonds. The molecule has 1 unspecified atom stereocenters. The highest BCUT2D eigenvalue weighted by Gasteiger charge is 2.22. The Morgan fingerprint density at radius 2 is 1.76 bits per heavy atom. The van der Waals surface area contributed by atoms with Crippen LogP contribution in [0.1, 0.15) is 44.6 Å². The van der Waals surface area contributed by atoms with Gasteiger partial charge < -0.3 is 10.2 Å². The number of ketones is 1. The van der Waals surface area contributed by atoms with Gasteiger partial charge in [-0.3, -0.25) is 14.5 Å². The largest absolute Gasteiger partial charge is 0.348 e. The van der Waals surface area contributed by atoms with Crippen molar-refractivity contribution >= 4 is 23.0 Å². The van der Waals surface area contributed by atoms with Crippen molar-refractivity contribution in [2.45, 2.75) is 32.7 Å². The van der Waals surface area contributed by atoms with Crippen LogP contribution in [0.25, 0.3) is 0 Å². The number of Topliss-reactive ketones (excluding diaryl/α,β-unsaturated/α-hetero) is 1. The van der Waals surface area contributed by atoms with E-state index >= 15 is 0 Å². The van der Waals surface area contributed by atoms with Crippen LogP contribution >= 0.6 is 11.3 Å². The van der Waals surface area contributed by atoms with Gasteiger partial charge in [-0.1, -0.05) is 30.3 Å². The highest BCUT2D eigenvalue weighted by Crippen LogP contribution is 2.22. The summed E-state index contributed by atoms with van der Waals surface area (Å²) in [7, 11) is 2.14. The molecule has 0 aliphatic carbocycles. The molecule has 1 aromatic heterocycles. The van der Waals surface area contributed by atoms with Gasteiger partial charge in [0.05, 0.1) is 6.04 Å². The average molecular weight is 414 g/mol. The normalized spacial score (nSPS) is 16.5. The third kappa shape index (κ3) is 6.23. The monoisotopic (exact) mass is 413 g/mol. The molecule has 0 saturated carbocycles. The predicted molar refractivity (Wildman–Crippen MR) is 119 cm³/mol. The average Bonchev–Trinajstić information content (AvgIpc) is 3.06. The van der Waals surface area contributed by atoms with Crippen LogP contribution in [0.2, 0.25) is 0 Å². The Morgan fingerprint density at radius 1 is 1.07 bits per heavy atom. The summed E-state index contributed by atoms with van der Waals surface area (Å²) in [6.45, 7) is 8.86. The van der Waals surface area contributed by atoms with Gasteiger partial charge in [-0.25, -0.2) is 0 Å². The predicted octanol–water partition coefficient (Wildman–Crippen LogP) is 3.43. The molecule has 1 fully saturated rings. The lowest BCUT2D eigenvalue weighted by molar-refractivity contribution is -0.122. The van der Waals surface area contributed by atoms with Gasteiger partial charge in [0.15, 0.2) is 5.78 Å². The lowest BCUT2D eigenvalue weighted by atomic mass is 10.0. The number of piperazine rings is 1. The number of benzene rings is 1. The number of hydrogen-bond donors (Lipinski definition) is 1. The molecule has 1 N–H and O–H groups in total. The molecule has 1 aliphatic heterocycles. The van der Waals surface area contributed by atoms with Crippen molar-refractivity contribution in [3.63, 3.8) is 0 Å². The van der Waals surface area contributed by atoms with E-state index in [1.54, 1.807) is 11.3 Å². The third-order valence-corrected chi connectivity index (χ3v) is 6.46. The van der Waals surface area contributed by atoms with Gasteiger partial charge in [0.2, 0.25) is 5.91 Å². The molecular formula is C23H31N3O2S. The summed E-state index contributed by atoms with van der Waals surface area (Å²) < 4.78 is 0. The second-order valence-electron chi connectivity index (χ2n) is 7.88. The molecule has 6 heteroatoms. The van der Waals surface area contributed by atoms with Gasteiger partial charge in [-0.2, -0.15) is 0 Å². The Balaban J connectivity index is 1.58. The summed E-state index contributed by atoms with van der Waals surface area (Å²) in [5, 5.41) is 3.17. The van der Waals surface area contributed by atoms with Gasteiger partial charge in [-0.15, -0.1) is 11.3 Å². The Bertz CT molecular complexity index is 826. The first-order chi connectivity index (χ1) is 13.9. The van der Waals surface area contributed by atoms with Gasteiger partial charge >= 0.3 is 0 Å². The van der Waals surface area contributed by atoms with Crippen LogP contribution in [0.5, 0.6) is 0 Å². The number of nitrogens with zero attached hydrogens (tertiary/aromatic N) is 2. The second kappa shape index (κ2) is 10.1. The number of aryl methyl sites for hydroxylation is 2. The summed E-state index contributed by atoms with van der Waals surface area (Å²) in [6, 6.07) is 12.0. The quantitative estimate of drug-likeness (QED) is 0.674. The minimum absolute atomic E-state index is 0.0531. The molecule has 0 bridgehead atoms. The van der Waals surface area contributed by atoms with Gasteiger partial charge in [0.25, 0.3) is 0 Å². The van der Waals surface area contributed by atoms with Crippen molar-refractivity contribution in [3.8, 4) is 0 Å². The van der Waals surface area contributed by atoms with E-state index in [1.165, 1.54) is 0 Å². The number of hydrogen-bond acceptors (Lipinski definition) is 5. The first-order valence-electron chi connectivity index (χ1n) is 10.3. The van der Waals surface area contributed by atoms with E-state index < -0.39 is 0 Å². The highest BCUT2D eigenvalue weighted by molar-refractivity contribution is 7.12. The molecule has 2 heterocycles. The maximum absolute atomic E-state index is 12.7. The minimum atomic E-state index is -0.0639. The molecule has 156 valence electrons. The molecule has 0 spiro atoms. The number of likely N-dealkylation sites (N-methyl/N-ethyl adjacent to an activating group) is 1. The van der Waals surface area contributed by atoms with Crippen LogP contribution in [0.4, 0.5) is 0 Å². The SMILES string of the molecule is Cc1cc(C(=O)CCC(=O)NC(CN2CCN(C)CC2)c2ccccc2)c(C)s1. The van der Waals surface area contributed by atoms with Gasteiger partial charge in [0, 0.05) is 60.9 Å². The molecule has 29 heavy (non-hydrogen) atoms. The Hall–Kier alpha value is -2.02. The standard InChI is InChI=1S/C23H31N3O2S/c1-17-15-20(18(2)29-17)22(27)9-10-23(28)24-21(19-7-5-4-6-8-19)16-26-13-11-25(3)12-14-26/h4-8,15,21H,9-14,16H2,1-3H3,(H,24,28). The number of carbonyl (C=O) groups excluding carboxylic acids is 2. The highest BCUT2D eigenvalue weighted by atomic mass is 32.1. The van der Waals surface area contributed by atoms with E-state index in [2.05, 4.69) is 34.3 Å². The van der Waals surface area contributed by atoms with Crippen molar-refractivity contribution in [3.05, 3.63) is 57.3 Å². The zero-order valence-corrected chi connectivity index (χ0v) is 18.4. The number of thiophene rings is 1. The van der Waals surface area contributed by atoms with Crippen molar-refractivity contribution in [1.82, 2.24) is 15.1 Å². The lowest BCUT2D eigenvalue weighted by Gasteiger charge is -2.35. The molecular weight excluding hydrogens is 382 g/mol. The van der Waals surface area contributed by atoms with E-state index in [-0.39, 0.29) is 30.6 Å². The van der Waals surface area contributed by atoms with E-state index in [0.29, 0.717) is 0 Å². The molecule has 0 radical (unpaired) electrons. The third-order valence-electron chi connectivity index (χ3n) is 5.49. The first-order valence-corrected chi connectivity index (χ1v) is 11.1. The van der Waals surface area contributed by atoms with Crippen molar-refractivity contribution in [2.75, 3.05) is 39.8 Å². The number of nitrogens with one attached hydrogen (secondary N) is 1. The summed E-state index contributed by atoms with van der Waals surface area (Å²) in [5.41, 5.74) is 1.87. The van der Waals surface area contributed by atoms with Crippen LogP contribution in [0.3, 0.4) is 0 Å². The fourth-order valence-electron chi connectivity index (χ4n) is 3.74. The number of amides is 1. The maximum Gasteiger partial charge on any atom is 0.220 e.